The third kappa shape index (κ3) is 1.75. The van der Waals surface area contributed by atoms with Crippen molar-refractivity contribution in [3.8, 4) is 5.75 Å². The van der Waals surface area contributed by atoms with E-state index in [0.717, 1.165) is 0 Å². The average molecular weight is 239 g/mol. The van der Waals surface area contributed by atoms with Gasteiger partial charge in [0, 0.05) is 11.5 Å². The molecule has 0 bridgehead atoms. The number of benzene rings is 1. The molecule has 90 valence electrons. The van der Waals surface area contributed by atoms with Crippen molar-refractivity contribution in [3.05, 3.63) is 23.8 Å². The highest BCUT2D eigenvalue weighted by atomic mass is 19.3. The summed E-state index contributed by atoms with van der Waals surface area (Å²) in [5, 5.41) is 2.53. The predicted octanol–water partition coefficient (Wildman–Crippen LogP) is 2.52. The van der Waals surface area contributed by atoms with Crippen molar-refractivity contribution in [2.75, 3.05) is 11.9 Å². The molecule has 0 saturated heterocycles. The van der Waals surface area contributed by atoms with Gasteiger partial charge in [0.2, 0.25) is 0 Å². The van der Waals surface area contributed by atoms with Crippen LogP contribution < -0.4 is 10.1 Å². The highest BCUT2D eigenvalue weighted by Gasteiger charge is 2.48. The summed E-state index contributed by atoms with van der Waals surface area (Å²) < 4.78 is 32.8. The lowest BCUT2D eigenvalue weighted by molar-refractivity contribution is -0.118. The average Bonchev–Trinajstić information content (AvgIpc) is 3.12. The van der Waals surface area contributed by atoms with Gasteiger partial charge in [-0.3, -0.25) is 4.79 Å². The maximum absolute atomic E-state index is 13.9. The molecular weight excluding hydrogens is 228 g/mol. The minimum Gasteiger partial charge on any atom is -0.482 e. The van der Waals surface area contributed by atoms with Crippen LogP contribution in [0, 0.1) is 5.92 Å². The smallest absolute Gasteiger partial charge is 0.276 e. The summed E-state index contributed by atoms with van der Waals surface area (Å²) in [6.45, 7) is -0.0641. The van der Waals surface area contributed by atoms with Gasteiger partial charge >= 0.3 is 0 Å². The molecule has 1 aromatic rings. The van der Waals surface area contributed by atoms with Gasteiger partial charge in [0.25, 0.3) is 11.8 Å². The van der Waals surface area contributed by atoms with Crippen molar-refractivity contribution in [1.82, 2.24) is 0 Å². The number of alkyl halides is 2. The van der Waals surface area contributed by atoms with Gasteiger partial charge in [0.1, 0.15) is 5.75 Å². The third-order valence-electron chi connectivity index (χ3n) is 3.09. The Morgan fingerprint density at radius 1 is 1.35 bits per heavy atom. The van der Waals surface area contributed by atoms with Crippen LogP contribution in [-0.4, -0.2) is 12.5 Å². The number of rotatable bonds is 2. The minimum absolute atomic E-state index is 0.0513. The molecule has 3 rings (SSSR count). The summed E-state index contributed by atoms with van der Waals surface area (Å²) in [5.41, 5.74) is 0.281. The van der Waals surface area contributed by atoms with E-state index in [1.54, 1.807) is 0 Å². The van der Waals surface area contributed by atoms with Gasteiger partial charge in [-0.1, -0.05) is 0 Å². The number of nitrogens with one attached hydrogen (secondary N) is 1. The fourth-order valence-electron chi connectivity index (χ4n) is 1.97. The van der Waals surface area contributed by atoms with Crippen LogP contribution in [0.3, 0.4) is 0 Å². The number of anilines is 1. The molecule has 0 atom stereocenters. The Morgan fingerprint density at radius 2 is 2.12 bits per heavy atom. The van der Waals surface area contributed by atoms with Crippen LogP contribution in [-0.2, 0) is 10.7 Å². The largest absolute Gasteiger partial charge is 0.482 e. The number of hydrogen-bond donors (Lipinski definition) is 1. The molecule has 1 fully saturated rings. The van der Waals surface area contributed by atoms with Crippen molar-refractivity contribution in [1.29, 1.82) is 0 Å². The first kappa shape index (κ1) is 10.5. The first-order chi connectivity index (χ1) is 8.07. The van der Waals surface area contributed by atoms with Crippen molar-refractivity contribution in [2.24, 2.45) is 5.92 Å². The van der Waals surface area contributed by atoms with E-state index in [1.807, 2.05) is 0 Å². The molecule has 2 aliphatic rings. The van der Waals surface area contributed by atoms with E-state index in [4.69, 9.17) is 4.74 Å². The molecule has 0 spiro atoms. The second-order valence-electron chi connectivity index (χ2n) is 4.45. The number of ether oxygens (including phenoxy) is 1. The van der Waals surface area contributed by atoms with E-state index in [9.17, 15) is 13.6 Å². The van der Waals surface area contributed by atoms with Crippen LogP contribution in [0.5, 0.6) is 5.75 Å². The summed E-state index contributed by atoms with van der Waals surface area (Å²) in [5.74, 6) is -3.23. The van der Waals surface area contributed by atoms with Crippen LogP contribution in [0.25, 0.3) is 0 Å². The van der Waals surface area contributed by atoms with E-state index in [0.29, 0.717) is 24.3 Å². The molecule has 1 aromatic carbocycles. The Bertz CT molecular complexity index is 483. The van der Waals surface area contributed by atoms with E-state index >= 15 is 0 Å². The topological polar surface area (TPSA) is 38.3 Å². The second-order valence-corrected chi connectivity index (χ2v) is 4.45. The van der Waals surface area contributed by atoms with E-state index in [1.165, 1.54) is 18.2 Å². The number of carbonyl (C=O) groups is 1. The van der Waals surface area contributed by atoms with Crippen molar-refractivity contribution in [2.45, 2.75) is 18.8 Å². The van der Waals surface area contributed by atoms with Gasteiger partial charge in [0.15, 0.2) is 6.61 Å². The minimum atomic E-state index is -2.81. The maximum atomic E-state index is 13.9. The fourth-order valence-corrected chi connectivity index (χ4v) is 1.97. The van der Waals surface area contributed by atoms with Gasteiger partial charge in [-0.2, -0.15) is 0 Å². The lowest BCUT2D eigenvalue weighted by Gasteiger charge is -2.21. The summed E-state index contributed by atoms with van der Waals surface area (Å²) in [7, 11) is 0. The van der Waals surface area contributed by atoms with Crippen LogP contribution in [0.15, 0.2) is 18.2 Å². The van der Waals surface area contributed by atoms with E-state index < -0.39 is 11.8 Å². The Kier molecular flexibility index (Phi) is 2.11. The molecule has 1 saturated carbocycles. The van der Waals surface area contributed by atoms with Crippen molar-refractivity contribution >= 4 is 11.6 Å². The normalized spacial score (nSPS) is 19.3. The van der Waals surface area contributed by atoms with Crippen LogP contribution in [0.4, 0.5) is 14.5 Å². The number of halogens is 2. The third-order valence-corrected chi connectivity index (χ3v) is 3.09. The predicted molar refractivity (Wildman–Crippen MR) is 57.2 cm³/mol. The lowest BCUT2D eigenvalue weighted by Crippen LogP contribution is -2.26. The molecule has 1 aliphatic carbocycles. The SMILES string of the molecule is O=C1COc2ccc(C(F)(F)C3CC3)cc2N1. The van der Waals surface area contributed by atoms with Crippen LogP contribution in [0.2, 0.25) is 0 Å². The molecule has 1 aliphatic heterocycles. The number of fused-ring (bicyclic) bond motifs is 1. The van der Waals surface area contributed by atoms with Gasteiger partial charge in [0.05, 0.1) is 5.69 Å². The van der Waals surface area contributed by atoms with Crippen LogP contribution in [0.1, 0.15) is 18.4 Å². The van der Waals surface area contributed by atoms with Crippen LogP contribution >= 0.6 is 0 Å². The zero-order valence-corrected chi connectivity index (χ0v) is 9.00. The summed E-state index contributed by atoms with van der Waals surface area (Å²) in [4.78, 5) is 11.1. The molecule has 3 nitrogen and oxygen atoms in total. The highest BCUT2D eigenvalue weighted by molar-refractivity contribution is 5.95. The first-order valence-electron chi connectivity index (χ1n) is 5.52. The summed E-state index contributed by atoms with van der Waals surface area (Å²) in [6, 6.07) is 4.17. The van der Waals surface area contributed by atoms with Crippen molar-refractivity contribution < 1.29 is 18.3 Å². The number of amides is 1. The van der Waals surface area contributed by atoms with E-state index in [-0.39, 0.29) is 18.1 Å². The van der Waals surface area contributed by atoms with Gasteiger partial charge in [-0.05, 0) is 31.0 Å². The monoisotopic (exact) mass is 239 g/mol. The Labute approximate surface area is 96.8 Å². The van der Waals surface area contributed by atoms with E-state index in [2.05, 4.69) is 5.32 Å². The molecule has 5 heteroatoms. The lowest BCUT2D eigenvalue weighted by atomic mass is 10.0. The van der Waals surface area contributed by atoms with Gasteiger partial charge in [-0.15, -0.1) is 0 Å². The molecular formula is C12H11F2NO2. The summed E-state index contributed by atoms with van der Waals surface area (Å²) >= 11 is 0. The number of carbonyl (C=O) groups excluding carboxylic acids is 1. The summed E-state index contributed by atoms with van der Waals surface area (Å²) in [6.07, 6.45) is 1.12. The molecule has 1 heterocycles. The zero-order chi connectivity index (χ0) is 12.0. The molecule has 1 N–H and O–H groups in total. The van der Waals surface area contributed by atoms with Crippen molar-refractivity contribution in [3.63, 3.8) is 0 Å². The molecule has 1 amide bonds. The standard InChI is InChI=1S/C12H11F2NO2/c13-12(14,7-1-2-7)8-3-4-10-9(5-8)15-11(16)6-17-10/h3-5,7H,1-2,6H2,(H,15,16). The quantitative estimate of drug-likeness (QED) is 0.861. The highest BCUT2D eigenvalue weighted by Crippen LogP contribution is 2.50. The Balaban J connectivity index is 1.97. The molecule has 17 heavy (non-hydrogen) atoms. The number of hydrogen-bond acceptors (Lipinski definition) is 2. The second kappa shape index (κ2) is 3.42. The molecule has 0 aromatic heterocycles. The van der Waals surface area contributed by atoms with Gasteiger partial charge < -0.3 is 10.1 Å². The zero-order valence-electron chi connectivity index (χ0n) is 9.00. The Hall–Kier alpha value is -1.65. The molecule has 0 unspecified atom stereocenters. The fraction of sp³-hybridized carbons (Fsp3) is 0.417. The molecule has 0 radical (unpaired) electrons. The van der Waals surface area contributed by atoms with Gasteiger partial charge in [-0.25, -0.2) is 8.78 Å². The maximum Gasteiger partial charge on any atom is 0.276 e. The first-order valence-corrected chi connectivity index (χ1v) is 5.52. The Morgan fingerprint density at radius 3 is 2.82 bits per heavy atom.